The third-order valence-electron chi connectivity index (χ3n) is 3.81. The predicted octanol–water partition coefficient (Wildman–Crippen LogP) is 1.17. The van der Waals surface area contributed by atoms with Crippen LogP contribution in [0.5, 0.6) is 0 Å². The predicted molar refractivity (Wildman–Crippen MR) is 84.7 cm³/mol. The normalized spacial score (nSPS) is 14.8. The van der Waals surface area contributed by atoms with E-state index in [4.69, 9.17) is 0 Å². The number of pyridine rings is 1. The molecule has 2 amide bonds. The third kappa shape index (κ3) is 2.36. The van der Waals surface area contributed by atoms with E-state index in [1.807, 2.05) is 43.3 Å². The number of benzene rings is 1. The molecule has 2 heterocycles. The Balaban J connectivity index is 2.09. The fourth-order valence-electron chi connectivity index (χ4n) is 2.54. The van der Waals surface area contributed by atoms with E-state index in [0.717, 1.165) is 16.7 Å². The quantitative estimate of drug-likeness (QED) is 0.835. The first-order valence-electron chi connectivity index (χ1n) is 7.07. The Labute approximate surface area is 128 Å². The van der Waals surface area contributed by atoms with Crippen molar-refractivity contribution < 1.29 is 9.59 Å². The number of carbonyl (C=O) groups excluding carboxylic acids is 2. The lowest BCUT2D eigenvalue weighted by Gasteiger charge is -2.19. The van der Waals surface area contributed by atoms with Gasteiger partial charge in [-0.15, -0.1) is 0 Å². The van der Waals surface area contributed by atoms with Crippen LogP contribution in [0.1, 0.15) is 10.4 Å². The van der Waals surface area contributed by atoms with E-state index in [-0.39, 0.29) is 18.4 Å². The van der Waals surface area contributed by atoms with Crippen LogP contribution in [0.15, 0.2) is 30.3 Å². The summed E-state index contributed by atoms with van der Waals surface area (Å²) >= 11 is 0. The number of amides is 2. The molecule has 1 aliphatic heterocycles. The van der Waals surface area contributed by atoms with Gasteiger partial charge in [-0.1, -0.05) is 18.2 Å². The van der Waals surface area contributed by atoms with Crippen molar-refractivity contribution in [3.8, 4) is 0 Å². The Morgan fingerprint density at radius 1 is 1.27 bits per heavy atom. The third-order valence-corrected chi connectivity index (χ3v) is 3.81. The van der Waals surface area contributed by atoms with E-state index in [1.165, 1.54) is 0 Å². The van der Waals surface area contributed by atoms with Crippen LogP contribution >= 0.6 is 0 Å². The van der Waals surface area contributed by atoms with Crippen LogP contribution in [0.3, 0.4) is 0 Å². The second kappa shape index (κ2) is 5.29. The topological polar surface area (TPSA) is 56.8 Å². The number of carbonyl (C=O) groups is 2. The maximum atomic E-state index is 12.8. The molecule has 0 bridgehead atoms. The first kappa shape index (κ1) is 14.3. The monoisotopic (exact) mass is 298 g/mol. The van der Waals surface area contributed by atoms with Gasteiger partial charge in [-0.05, 0) is 12.1 Å². The first-order chi connectivity index (χ1) is 10.5. The van der Waals surface area contributed by atoms with E-state index in [0.29, 0.717) is 12.2 Å². The number of fused-ring (bicyclic) bond motifs is 1. The Morgan fingerprint density at radius 3 is 2.64 bits per heavy atom. The van der Waals surface area contributed by atoms with Gasteiger partial charge in [0.2, 0.25) is 5.91 Å². The molecule has 0 atom stereocenters. The summed E-state index contributed by atoms with van der Waals surface area (Å²) in [5, 5.41) is 0.806. The fourth-order valence-corrected chi connectivity index (χ4v) is 2.54. The lowest BCUT2D eigenvalue weighted by atomic mass is 10.1. The number of anilines is 1. The van der Waals surface area contributed by atoms with Gasteiger partial charge >= 0.3 is 0 Å². The first-order valence-corrected chi connectivity index (χ1v) is 7.07. The van der Waals surface area contributed by atoms with Gasteiger partial charge in [0.15, 0.2) is 0 Å². The summed E-state index contributed by atoms with van der Waals surface area (Å²) in [6.07, 6.45) is 0. The highest BCUT2D eigenvalue weighted by molar-refractivity contribution is 6.08. The van der Waals surface area contributed by atoms with Gasteiger partial charge in [0, 0.05) is 26.5 Å². The maximum Gasteiger partial charge on any atom is 0.256 e. The fraction of sp³-hybridized carbons (Fsp3) is 0.312. The smallest absolute Gasteiger partial charge is 0.256 e. The van der Waals surface area contributed by atoms with Gasteiger partial charge in [0.25, 0.3) is 5.91 Å². The highest BCUT2D eigenvalue weighted by Crippen LogP contribution is 2.24. The number of nitrogens with zero attached hydrogens (tertiary/aromatic N) is 4. The Kier molecular flexibility index (Phi) is 3.44. The summed E-state index contributed by atoms with van der Waals surface area (Å²) in [7, 11) is 5.47. The average Bonchev–Trinajstić information content (AvgIpc) is 2.84. The van der Waals surface area contributed by atoms with Crippen molar-refractivity contribution in [2.45, 2.75) is 0 Å². The number of likely N-dealkylation sites (N-methyl/N-ethyl adjacent to an activating group) is 1. The Bertz CT molecular complexity index is 757. The molecule has 2 aromatic rings. The highest BCUT2D eigenvalue weighted by atomic mass is 16.2. The molecule has 1 aliphatic rings. The van der Waals surface area contributed by atoms with Crippen LogP contribution in [0, 0.1) is 0 Å². The molecule has 6 heteroatoms. The molecule has 3 rings (SSSR count). The summed E-state index contributed by atoms with van der Waals surface area (Å²) in [5.41, 5.74) is 1.35. The van der Waals surface area contributed by atoms with Crippen LogP contribution in [0.2, 0.25) is 0 Å². The van der Waals surface area contributed by atoms with Crippen LogP contribution in [0.25, 0.3) is 10.9 Å². The molecule has 0 saturated carbocycles. The zero-order chi connectivity index (χ0) is 15.9. The van der Waals surface area contributed by atoms with Gasteiger partial charge in [0.1, 0.15) is 12.4 Å². The van der Waals surface area contributed by atoms with Crippen molar-refractivity contribution in [1.82, 2.24) is 14.8 Å². The average molecular weight is 298 g/mol. The summed E-state index contributed by atoms with van der Waals surface area (Å²) in [6.45, 7) is 0.453. The van der Waals surface area contributed by atoms with Crippen molar-refractivity contribution in [2.75, 3.05) is 39.3 Å². The molecule has 1 aromatic heterocycles. The minimum absolute atomic E-state index is 0.0421. The molecule has 114 valence electrons. The molecular formula is C16H18N4O2. The number of rotatable bonds is 2. The second-order valence-corrected chi connectivity index (χ2v) is 5.68. The lowest BCUT2D eigenvalue weighted by Crippen LogP contribution is -2.30. The molecule has 6 nitrogen and oxygen atoms in total. The van der Waals surface area contributed by atoms with Gasteiger partial charge in [-0.2, -0.15) is 0 Å². The van der Waals surface area contributed by atoms with E-state index in [1.54, 1.807) is 22.9 Å². The van der Waals surface area contributed by atoms with Crippen molar-refractivity contribution in [3.05, 3.63) is 35.9 Å². The molecule has 1 aromatic carbocycles. The highest BCUT2D eigenvalue weighted by Gasteiger charge is 2.30. The molecule has 0 spiro atoms. The molecule has 22 heavy (non-hydrogen) atoms. The van der Waals surface area contributed by atoms with Crippen molar-refractivity contribution >= 4 is 28.5 Å². The molecule has 1 saturated heterocycles. The molecule has 1 fully saturated rings. The minimum Gasteiger partial charge on any atom is -0.363 e. The standard InChI is InChI=1S/C16H18N4O2/c1-18(2)14-8-12(11-6-4-5-7-13(11)17-14)16(22)20-9-15(21)19(3)10-20/h4-8H,9-10H2,1-3H3. The molecule has 0 N–H and O–H groups in total. The summed E-state index contributed by atoms with van der Waals surface area (Å²) in [5.74, 6) is 0.542. The van der Waals surface area contributed by atoms with Gasteiger partial charge in [-0.3, -0.25) is 9.59 Å². The van der Waals surface area contributed by atoms with Gasteiger partial charge < -0.3 is 14.7 Å². The van der Waals surface area contributed by atoms with Crippen molar-refractivity contribution in [1.29, 1.82) is 0 Å². The number of hydrogen-bond donors (Lipinski definition) is 0. The molecular weight excluding hydrogens is 280 g/mol. The largest absolute Gasteiger partial charge is 0.363 e. The number of para-hydroxylation sites is 1. The van der Waals surface area contributed by atoms with Crippen LogP contribution < -0.4 is 4.90 Å². The zero-order valence-electron chi connectivity index (χ0n) is 12.9. The summed E-state index contributed by atoms with van der Waals surface area (Å²) in [4.78, 5) is 34.0. The summed E-state index contributed by atoms with van der Waals surface area (Å²) in [6, 6.07) is 9.35. The Morgan fingerprint density at radius 2 is 2.00 bits per heavy atom. The van der Waals surface area contributed by atoms with Crippen LogP contribution in [0.4, 0.5) is 5.82 Å². The van der Waals surface area contributed by atoms with Crippen molar-refractivity contribution in [3.63, 3.8) is 0 Å². The zero-order valence-corrected chi connectivity index (χ0v) is 12.9. The van der Waals surface area contributed by atoms with E-state index in [9.17, 15) is 9.59 Å². The van der Waals surface area contributed by atoms with Gasteiger partial charge in [-0.25, -0.2) is 4.98 Å². The molecule has 0 unspecified atom stereocenters. The molecule has 0 radical (unpaired) electrons. The van der Waals surface area contributed by atoms with E-state index in [2.05, 4.69) is 4.98 Å². The minimum atomic E-state index is -0.139. The van der Waals surface area contributed by atoms with E-state index >= 15 is 0 Å². The lowest BCUT2D eigenvalue weighted by molar-refractivity contribution is -0.125. The number of hydrogen-bond acceptors (Lipinski definition) is 4. The number of aromatic nitrogens is 1. The summed E-state index contributed by atoms with van der Waals surface area (Å²) < 4.78 is 0. The SMILES string of the molecule is CN1CN(C(=O)c2cc(N(C)C)nc3ccccc23)CC1=O. The van der Waals surface area contributed by atoms with E-state index < -0.39 is 0 Å². The maximum absolute atomic E-state index is 12.8. The molecule has 0 aliphatic carbocycles. The second-order valence-electron chi connectivity index (χ2n) is 5.68. The Hall–Kier alpha value is -2.63. The van der Waals surface area contributed by atoms with Gasteiger partial charge in [0.05, 0.1) is 17.7 Å². The van der Waals surface area contributed by atoms with Crippen LogP contribution in [-0.2, 0) is 4.79 Å². The van der Waals surface area contributed by atoms with Crippen molar-refractivity contribution in [2.24, 2.45) is 0 Å². The van der Waals surface area contributed by atoms with Crippen LogP contribution in [-0.4, -0.2) is 61.0 Å².